The van der Waals surface area contributed by atoms with E-state index in [1.807, 2.05) is 11.4 Å². The molecule has 2 aromatic heterocycles. The largest absolute Gasteiger partial charge is 0.282 e. The fourth-order valence-corrected chi connectivity index (χ4v) is 3.14. The van der Waals surface area contributed by atoms with Gasteiger partial charge in [0.1, 0.15) is 4.47 Å². The van der Waals surface area contributed by atoms with Gasteiger partial charge in [-0.2, -0.15) is 5.10 Å². The summed E-state index contributed by atoms with van der Waals surface area (Å²) < 4.78 is 3.61. The number of hydrogen-bond donors (Lipinski definition) is 0. The second-order valence-corrected chi connectivity index (χ2v) is 6.56. The lowest BCUT2D eigenvalue weighted by Crippen LogP contribution is -2.23. The van der Waals surface area contributed by atoms with E-state index in [9.17, 15) is 4.79 Å². The van der Waals surface area contributed by atoms with Crippen LogP contribution in [-0.2, 0) is 6.54 Å². The molecule has 0 spiro atoms. The Morgan fingerprint density at radius 1 is 1.38 bits per heavy atom. The Bertz CT molecular complexity index is 578. The normalized spacial score (nSPS) is 10.7. The molecule has 0 aromatic carbocycles. The van der Waals surface area contributed by atoms with E-state index >= 15 is 0 Å². The summed E-state index contributed by atoms with van der Waals surface area (Å²) in [6, 6.07) is 1.98. The molecule has 0 fully saturated rings. The zero-order valence-electron chi connectivity index (χ0n) is 7.78. The van der Waals surface area contributed by atoms with Gasteiger partial charge in [-0.3, -0.25) is 4.79 Å². The van der Waals surface area contributed by atoms with Gasteiger partial charge in [-0.25, -0.2) is 4.68 Å². The minimum absolute atomic E-state index is 0.140. The van der Waals surface area contributed by atoms with Gasteiger partial charge in [-0.1, -0.05) is 0 Å². The van der Waals surface area contributed by atoms with Crippen LogP contribution in [-0.4, -0.2) is 9.78 Å². The zero-order valence-corrected chi connectivity index (χ0v) is 13.4. The van der Waals surface area contributed by atoms with Crippen LogP contribution >= 0.6 is 59.1 Å². The van der Waals surface area contributed by atoms with Crippen LogP contribution in [0.3, 0.4) is 0 Å². The molecule has 0 unspecified atom stereocenters. The first-order valence-electron chi connectivity index (χ1n) is 4.22. The monoisotopic (exact) mass is 426 g/mol. The molecule has 0 saturated heterocycles. The Labute approximate surface area is 121 Å². The minimum Gasteiger partial charge on any atom is -0.266 e. The quantitative estimate of drug-likeness (QED) is 0.732. The predicted octanol–water partition coefficient (Wildman–Crippen LogP) is 3.64. The summed E-state index contributed by atoms with van der Waals surface area (Å²) in [6.07, 6.45) is 1.61. The SMILES string of the molecule is O=c1c(Br)c(Br)cnn1Cc1cc(Br)cs1. The van der Waals surface area contributed by atoms with Gasteiger partial charge in [0, 0.05) is 14.7 Å². The summed E-state index contributed by atoms with van der Waals surface area (Å²) >= 11 is 11.4. The van der Waals surface area contributed by atoms with Crippen molar-refractivity contribution in [2.24, 2.45) is 0 Å². The first-order valence-corrected chi connectivity index (χ1v) is 7.48. The van der Waals surface area contributed by atoms with Crippen LogP contribution in [0.5, 0.6) is 0 Å². The van der Waals surface area contributed by atoms with E-state index in [1.165, 1.54) is 4.68 Å². The zero-order chi connectivity index (χ0) is 11.7. The molecule has 0 bridgehead atoms. The second kappa shape index (κ2) is 5.12. The van der Waals surface area contributed by atoms with Crippen molar-refractivity contribution in [1.82, 2.24) is 9.78 Å². The Kier molecular flexibility index (Phi) is 3.99. The summed E-state index contributed by atoms with van der Waals surface area (Å²) in [7, 11) is 0. The van der Waals surface area contributed by atoms with Crippen LogP contribution in [0, 0.1) is 0 Å². The van der Waals surface area contributed by atoms with Crippen molar-refractivity contribution in [3.05, 3.63) is 46.3 Å². The fourth-order valence-electron chi connectivity index (χ4n) is 1.14. The van der Waals surface area contributed by atoms with E-state index < -0.39 is 0 Å². The van der Waals surface area contributed by atoms with Gasteiger partial charge in [-0.15, -0.1) is 11.3 Å². The van der Waals surface area contributed by atoms with Gasteiger partial charge in [0.2, 0.25) is 0 Å². The van der Waals surface area contributed by atoms with Crippen LogP contribution in [0.2, 0.25) is 0 Å². The van der Waals surface area contributed by atoms with E-state index in [-0.39, 0.29) is 5.56 Å². The van der Waals surface area contributed by atoms with Crippen molar-refractivity contribution < 1.29 is 0 Å². The molecule has 0 aliphatic rings. The maximum absolute atomic E-state index is 11.8. The highest BCUT2D eigenvalue weighted by Gasteiger charge is 2.07. The molecule has 2 rings (SSSR count). The smallest absolute Gasteiger partial charge is 0.266 e. The second-order valence-electron chi connectivity index (χ2n) is 3.00. The topological polar surface area (TPSA) is 34.9 Å². The molecule has 0 aliphatic carbocycles. The highest BCUT2D eigenvalue weighted by molar-refractivity contribution is 9.13. The molecule has 0 N–H and O–H groups in total. The third-order valence-electron chi connectivity index (χ3n) is 1.87. The van der Waals surface area contributed by atoms with Crippen molar-refractivity contribution >= 4 is 59.1 Å². The number of thiophene rings is 1. The summed E-state index contributed by atoms with van der Waals surface area (Å²) in [6.45, 7) is 0.487. The maximum Gasteiger partial charge on any atom is 0.282 e. The molecular weight excluding hydrogens is 424 g/mol. The average Bonchev–Trinajstić information content (AvgIpc) is 2.65. The first kappa shape index (κ1) is 12.5. The molecule has 0 aliphatic heterocycles. The molecule has 0 atom stereocenters. The van der Waals surface area contributed by atoms with E-state index in [2.05, 4.69) is 52.9 Å². The summed E-state index contributed by atoms with van der Waals surface area (Å²) in [5, 5.41) is 6.04. The van der Waals surface area contributed by atoms with Crippen LogP contribution in [0.15, 0.2) is 35.9 Å². The highest BCUT2D eigenvalue weighted by Crippen LogP contribution is 2.21. The lowest BCUT2D eigenvalue weighted by atomic mass is 10.4. The fraction of sp³-hybridized carbons (Fsp3) is 0.111. The maximum atomic E-state index is 11.8. The van der Waals surface area contributed by atoms with Gasteiger partial charge < -0.3 is 0 Å². The van der Waals surface area contributed by atoms with Gasteiger partial charge in [-0.05, 0) is 53.9 Å². The molecule has 2 aromatic rings. The molecule has 3 nitrogen and oxygen atoms in total. The number of halogens is 3. The summed E-state index contributed by atoms with van der Waals surface area (Å²) in [4.78, 5) is 12.9. The van der Waals surface area contributed by atoms with Gasteiger partial charge >= 0.3 is 0 Å². The van der Waals surface area contributed by atoms with Crippen LogP contribution in [0.4, 0.5) is 0 Å². The third kappa shape index (κ3) is 2.64. The minimum atomic E-state index is -0.140. The van der Waals surface area contributed by atoms with Gasteiger partial charge in [0.05, 0.1) is 17.2 Å². The molecule has 2 heterocycles. The third-order valence-corrected chi connectivity index (χ3v) is 5.45. The van der Waals surface area contributed by atoms with Crippen molar-refractivity contribution in [2.45, 2.75) is 6.54 Å². The van der Waals surface area contributed by atoms with Gasteiger partial charge in [0.15, 0.2) is 0 Å². The van der Waals surface area contributed by atoms with Crippen LogP contribution in [0.25, 0.3) is 0 Å². The van der Waals surface area contributed by atoms with Gasteiger partial charge in [0.25, 0.3) is 5.56 Å². The molecule has 16 heavy (non-hydrogen) atoms. The van der Waals surface area contributed by atoms with Crippen molar-refractivity contribution in [3.8, 4) is 0 Å². The number of rotatable bonds is 2. The first-order chi connectivity index (χ1) is 7.58. The molecular formula is C9H5Br3N2OS. The summed E-state index contributed by atoms with van der Waals surface area (Å²) in [5.74, 6) is 0. The van der Waals surface area contributed by atoms with Crippen molar-refractivity contribution in [2.75, 3.05) is 0 Å². The Hall–Kier alpha value is 0.0200. The molecule has 0 amide bonds. The van der Waals surface area contributed by atoms with Crippen molar-refractivity contribution in [1.29, 1.82) is 0 Å². The van der Waals surface area contributed by atoms with E-state index in [0.717, 1.165) is 9.35 Å². The number of hydrogen-bond acceptors (Lipinski definition) is 3. The lowest BCUT2D eigenvalue weighted by Gasteiger charge is -2.03. The molecule has 0 saturated carbocycles. The Balaban J connectivity index is 2.36. The average molecular weight is 429 g/mol. The summed E-state index contributed by atoms with van der Waals surface area (Å²) in [5.41, 5.74) is -0.140. The van der Waals surface area contributed by atoms with E-state index in [4.69, 9.17) is 0 Å². The van der Waals surface area contributed by atoms with Crippen LogP contribution in [0.1, 0.15) is 4.88 Å². The Morgan fingerprint density at radius 2 is 2.12 bits per heavy atom. The van der Waals surface area contributed by atoms with Crippen LogP contribution < -0.4 is 5.56 Å². The standard InChI is InChI=1S/C9H5Br3N2OS/c10-5-1-6(16-4-5)3-14-9(15)8(12)7(11)2-13-14/h1-2,4H,3H2. The number of nitrogens with zero attached hydrogens (tertiary/aromatic N) is 2. The van der Waals surface area contributed by atoms with E-state index in [1.54, 1.807) is 17.5 Å². The molecule has 7 heteroatoms. The Morgan fingerprint density at radius 3 is 2.75 bits per heavy atom. The van der Waals surface area contributed by atoms with E-state index in [0.29, 0.717) is 15.5 Å². The predicted molar refractivity (Wildman–Crippen MR) is 75.0 cm³/mol. The van der Waals surface area contributed by atoms with Crippen molar-refractivity contribution in [3.63, 3.8) is 0 Å². The molecule has 0 radical (unpaired) electrons. The number of aromatic nitrogens is 2. The molecule has 84 valence electrons. The lowest BCUT2D eigenvalue weighted by molar-refractivity contribution is 0.639. The highest BCUT2D eigenvalue weighted by atomic mass is 79.9.